The lowest BCUT2D eigenvalue weighted by atomic mass is 10.8. The first-order valence-electron chi connectivity index (χ1n) is 2.13. The minimum absolute atomic E-state index is 0.162. The van der Waals surface area contributed by atoms with E-state index < -0.39 is 17.1 Å². The summed E-state index contributed by atoms with van der Waals surface area (Å²) in [5.41, 5.74) is 6.35. The topological polar surface area (TPSA) is 87.7 Å². The highest BCUT2D eigenvalue weighted by molar-refractivity contribution is 7.92. The summed E-state index contributed by atoms with van der Waals surface area (Å²) in [7, 11) is 0. The van der Waals surface area contributed by atoms with E-state index in [1.54, 1.807) is 6.07 Å². The molecule has 1 unspecified atom stereocenters. The van der Waals surface area contributed by atoms with Crippen LogP contribution in [-0.2, 0) is 16.0 Å². The second-order valence-corrected chi connectivity index (χ2v) is 2.77. The third-order valence-electron chi connectivity index (χ3n) is 0.518. The Kier molecular flexibility index (Phi) is 3.84. The van der Waals surface area contributed by atoms with Gasteiger partial charge in [0.2, 0.25) is 0 Å². The van der Waals surface area contributed by atoms with Crippen molar-refractivity contribution < 1.29 is 9.35 Å². The van der Waals surface area contributed by atoms with Crippen LogP contribution in [0.1, 0.15) is 0 Å². The van der Waals surface area contributed by atoms with Crippen molar-refractivity contribution in [1.82, 2.24) is 5.73 Å². The van der Waals surface area contributed by atoms with Crippen molar-refractivity contribution in [2.75, 3.05) is 11.5 Å². The Morgan fingerprint density at radius 1 is 1.89 bits per heavy atom. The van der Waals surface area contributed by atoms with Crippen LogP contribution in [0.3, 0.4) is 0 Å². The molecule has 1 radical (unpaired) electrons. The lowest BCUT2D eigenvalue weighted by Crippen LogP contribution is -2.18. The van der Waals surface area contributed by atoms with Gasteiger partial charge in [-0.25, -0.2) is 0 Å². The molecule has 0 saturated carbocycles. The summed E-state index contributed by atoms with van der Waals surface area (Å²) in [5, 5.41) is 7.93. The maximum atomic E-state index is 10.4. The quantitative estimate of drug-likeness (QED) is 0.480. The molecular formula is C4H5N2O2S. The zero-order chi connectivity index (χ0) is 7.28. The number of nitrogens with one attached hydrogen (secondary N) is 1. The molecule has 0 heterocycles. The Morgan fingerprint density at radius 3 is 2.78 bits per heavy atom. The van der Waals surface area contributed by atoms with Gasteiger partial charge in [-0.3, -0.25) is 10.5 Å². The van der Waals surface area contributed by atoms with Gasteiger partial charge in [-0.15, -0.1) is 0 Å². The van der Waals surface area contributed by atoms with Gasteiger partial charge in [0.05, 0.1) is 0 Å². The molecule has 0 aliphatic carbocycles. The van der Waals surface area contributed by atoms with E-state index in [-0.39, 0.29) is 11.5 Å². The second kappa shape index (κ2) is 4.18. The molecule has 0 bridgehead atoms. The van der Waals surface area contributed by atoms with E-state index in [9.17, 15) is 9.35 Å². The summed E-state index contributed by atoms with van der Waals surface area (Å²) in [6.07, 6.45) is 0. The van der Waals surface area contributed by atoms with E-state index in [0.717, 1.165) is 0 Å². The van der Waals surface area contributed by atoms with E-state index >= 15 is 0 Å². The van der Waals surface area contributed by atoms with Gasteiger partial charge < -0.3 is 4.55 Å². The van der Waals surface area contributed by atoms with Gasteiger partial charge in [0, 0.05) is 0 Å². The van der Waals surface area contributed by atoms with Crippen molar-refractivity contribution in [3.05, 3.63) is 0 Å². The zero-order valence-electron chi connectivity index (χ0n) is 4.59. The Morgan fingerprint density at radius 2 is 2.44 bits per heavy atom. The highest BCUT2D eigenvalue weighted by atomic mass is 32.2. The number of carbonyl (C=O) groups is 1. The van der Waals surface area contributed by atoms with Gasteiger partial charge in [0.1, 0.15) is 6.07 Å². The van der Waals surface area contributed by atoms with Crippen molar-refractivity contribution >= 4 is 17.1 Å². The molecule has 0 aliphatic heterocycles. The van der Waals surface area contributed by atoms with Gasteiger partial charge in [-0.05, 0) is 11.2 Å². The van der Waals surface area contributed by atoms with Gasteiger partial charge in [-0.1, -0.05) is 0 Å². The number of nitriles is 1. The molecule has 0 fully saturated rings. The maximum Gasteiger partial charge on any atom is 0.288 e. The lowest BCUT2D eigenvalue weighted by Gasteiger charge is -2.01. The van der Waals surface area contributed by atoms with E-state index in [1.165, 1.54) is 0 Å². The van der Waals surface area contributed by atoms with Crippen molar-refractivity contribution in [2.45, 2.75) is 0 Å². The van der Waals surface area contributed by atoms with Gasteiger partial charge in [-0.2, -0.15) is 5.26 Å². The summed E-state index contributed by atoms with van der Waals surface area (Å²) in [6, 6.07) is 1.64. The Balaban J connectivity index is 3.40. The molecule has 0 rings (SSSR count). The molecule has 4 nitrogen and oxygen atoms in total. The molecule has 0 aromatic rings. The summed E-state index contributed by atoms with van der Waals surface area (Å²) >= 11 is -1.45. The molecule has 9 heavy (non-hydrogen) atoms. The average molecular weight is 145 g/mol. The molecule has 1 amide bonds. The highest BCUT2D eigenvalue weighted by Crippen LogP contribution is 1.86. The maximum absolute atomic E-state index is 10.4. The summed E-state index contributed by atoms with van der Waals surface area (Å²) in [4.78, 5) is 9.89. The van der Waals surface area contributed by atoms with Crippen LogP contribution in [0.25, 0.3) is 0 Å². The Bertz CT molecular complexity index is 142. The van der Waals surface area contributed by atoms with Gasteiger partial charge in [0.25, 0.3) is 5.91 Å². The Labute approximate surface area is 55.8 Å². The van der Waals surface area contributed by atoms with Crippen LogP contribution in [0.15, 0.2) is 0 Å². The third kappa shape index (κ3) is 5.14. The predicted molar refractivity (Wildman–Crippen MR) is 31.6 cm³/mol. The van der Waals surface area contributed by atoms with Crippen LogP contribution in [0.4, 0.5) is 0 Å². The highest BCUT2D eigenvalue weighted by Gasteiger charge is 2.08. The van der Waals surface area contributed by atoms with Gasteiger partial charge in [0.15, 0.2) is 11.5 Å². The van der Waals surface area contributed by atoms with Crippen LogP contribution in [-0.4, -0.2) is 22.0 Å². The van der Waals surface area contributed by atoms with E-state index in [4.69, 9.17) is 11.0 Å². The molecular weight excluding hydrogens is 140 g/mol. The number of hydrogen-bond donors (Lipinski definition) is 0. The number of nitrogens with zero attached hydrogens (tertiary/aromatic N) is 1. The van der Waals surface area contributed by atoms with Gasteiger partial charge >= 0.3 is 0 Å². The number of rotatable bonds is 3. The van der Waals surface area contributed by atoms with Crippen molar-refractivity contribution in [1.29, 1.82) is 5.26 Å². The summed E-state index contributed by atoms with van der Waals surface area (Å²) < 4.78 is 10.4. The third-order valence-corrected chi connectivity index (χ3v) is 1.55. The van der Waals surface area contributed by atoms with Crippen LogP contribution in [0.5, 0.6) is 0 Å². The first-order chi connectivity index (χ1) is 4.16. The molecule has 5 heteroatoms. The van der Waals surface area contributed by atoms with Crippen LogP contribution in [0, 0.1) is 11.3 Å². The molecule has 0 spiro atoms. The van der Waals surface area contributed by atoms with Crippen LogP contribution in [0.2, 0.25) is 0 Å². The average Bonchev–Trinajstić information content (AvgIpc) is 1.63. The first kappa shape index (κ1) is 8.27. The standard InChI is InChI=1S/C4H5N2O2S/c5-1-2-9(8)3-4(6)7/h6H,2-3H2. The Hall–Kier alpha value is -0.730. The molecule has 1 N–H and O–H groups in total. The first-order valence-corrected chi connectivity index (χ1v) is 3.62. The fourth-order valence-electron chi connectivity index (χ4n) is 0.269. The summed E-state index contributed by atoms with van der Waals surface area (Å²) in [6.45, 7) is 0. The van der Waals surface area contributed by atoms with E-state index in [1.807, 2.05) is 0 Å². The van der Waals surface area contributed by atoms with Crippen molar-refractivity contribution in [3.8, 4) is 6.07 Å². The van der Waals surface area contributed by atoms with E-state index in [2.05, 4.69) is 0 Å². The second-order valence-electron chi connectivity index (χ2n) is 1.31. The largest absolute Gasteiger partial charge is 0.615 e. The molecule has 0 aromatic heterocycles. The van der Waals surface area contributed by atoms with E-state index in [0.29, 0.717) is 0 Å². The fraction of sp³-hybridized carbons (Fsp3) is 0.500. The number of hydrogen-bond acceptors (Lipinski definition) is 3. The molecule has 0 saturated heterocycles. The van der Waals surface area contributed by atoms with Crippen LogP contribution < -0.4 is 5.73 Å². The number of amides is 1. The summed E-state index contributed by atoms with van der Waals surface area (Å²) in [5.74, 6) is -1.37. The molecule has 0 aromatic carbocycles. The fourth-order valence-corrected chi connectivity index (χ4v) is 0.808. The lowest BCUT2D eigenvalue weighted by molar-refractivity contribution is -0.116. The molecule has 1 atom stereocenters. The minimum Gasteiger partial charge on any atom is -0.615 e. The van der Waals surface area contributed by atoms with Crippen molar-refractivity contribution in [3.63, 3.8) is 0 Å². The monoisotopic (exact) mass is 145 g/mol. The number of carbonyl (C=O) groups excluding carboxylic acids is 1. The zero-order valence-corrected chi connectivity index (χ0v) is 5.40. The normalized spacial score (nSPS) is 12.0. The molecule has 49 valence electrons. The van der Waals surface area contributed by atoms with Crippen molar-refractivity contribution in [2.24, 2.45) is 0 Å². The predicted octanol–water partition coefficient (Wildman–Crippen LogP) is -0.932. The smallest absolute Gasteiger partial charge is 0.288 e. The minimum atomic E-state index is -1.45. The van der Waals surface area contributed by atoms with Crippen LogP contribution >= 0.6 is 0 Å². The SMILES string of the molecule is N#CC[S+]([O-])CC([NH])=O. The molecule has 0 aliphatic rings.